The van der Waals surface area contributed by atoms with Crippen LogP contribution in [0, 0.1) is 17.2 Å². The Morgan fingerprint density at radius 3 is 2.29 bits per heavy atom. The fourth-order valence-corrected chi connectivity index (χ4v) is 3.10. The maximum atomic E-state index is 12.2. The number of alkyl halides is 3. The minimum Gasteiger partial charge on any atom is -0.312 e. The molecule has 1 aliphatic rings. The number of nitrogens with one attached hydrogen (secondary N) is 1. The van der Waals surface area contributed by atoms with Crippen LogP contribution in [-0.4, -0.2) is 38.7 Å². The molecule has 98 valence electrons. The molecule has 1 aliphatic heterocycles. The van der Waals surface area contributed by atoms with Crippen molar-refractivity contribution in [3.63, 3.8) is 0 Å². The molecule has 0 amide bonds. The lowest BCUT2D eigenvalue weighted by molar-refractivity contribution is -0.158. The Balaban J connectivity index is 2.40. The van der Waals surface area contributed by atoms with Crippen molar-refractivity contribution >= 4 is 9.84 Å². The van der Waals surface area contributed by atoms with Gasteiger partial charge in [-0.3, -0.25) is 0 Å². The van der Waals surface area contributed by atoms with E-state index in [1.807, 2.05) is 0 Å². The van der Waals surface area contributed by atoms with Gasteiger partial charge in [-0.05, 0) is 12.8 Å². The van der Waals surface area contributed by atoms with Crippen LogP contribution in [0.25, 0.3) is 0 Å². The van der Waals surface area contributed by atoms with Gasteiger partial charge in [-0.1, -0.05) is 0 Å². The van der Waals surface area contributed by atoms with Crippen LogP contribution < -0.4 is 5.32 Å². The summed E-state index contributed by atoms with van der Waals surface area (Å²) < 4.78 is 58.9. The van der Waals surface area contributed by atoms with Gasteiger partial charge in [0.05, 0.1) is 17.6 Å². The molecule has 4 nitrogen and oxygen atoms in total. The molecule has 1 heterocycles. The number of rotatable bonds is 3. The Hall–Kier alpha value is -0.810. The van der Waals surface area contributed by atoms with Gasteiger partial charge in [-0.15, -0.1) is 0 Å². The predicted molar refractivity (Wildman–Crippen MR) is 54.8 cm³/mol. The van der Waals surface area contributed by atoms with E-state index in [4.69, 9.17) is 5.26 Å². The van der Waals surface area contributed by atoms with E-state index in [1.165, 1.54) is 6.07 Å². The van der Waals surface area contributed by atoms with E-state index in [-0.39, 0.29) is 17.5 Å². The molecular weight excluding hydrogens is 257 g/mol. The van der Waals surface area contributed by atoms with Gasteiger partial charge < -0.3 is 5.32 Å². The molecule has 0 radical (unpaired) electrons. The third-order valence-electron chi connectivity index (χ3n) is 2.72. The first-order valence-corrected chi connectivity index (χ1v) is 6.97. The molecule has 0 aliphatic carbocycles. The third-order valence-corrected chi connectivity index (χ3v) is 4.43. The van der Waals surface area contributed by atoms with Crippen molar-refractivity contribution in [3.8, 4) is 6.07 Å². The van der Waals surface area contributed by atoms with Crippen LogP contribution in [0.3, 0.4) is 0 Å². The summed E-state index contributed by atoms with van der Waals surface area (Å²) in [7, 11) is -3.02. The van der Waals surface area contributed by atoms with Gasteiger partial charge in [0.2, 0.25) is 0 Å². The van der Waals surface area contributed by atoms with Crippen LogP contribution in [0.4, 0.5) is 13.2 Å². The van der Waals surface area contributed by atoms with E-state index < -0.39 is 28.5 Å². The van der Waals surface area contributed by atoms with Gasteiger partial charge in [0.25, 0.3) is 0 Å². The zero-order valence-electron chi connectivity index (χ0n) is 9.00. The highest BCUT2D eigenvalue weighted by atomic mass is 32.2. The molecule has 0 spiro atoms. The Labute approximate surface area is 97.7 Å². The highest BCUT2D eigenvalue weighted by molar-refractivity contribution is 7.91. The summed E-state index contributed by atoms with van der Waals surface area (Å²) >= 11 is 0. The second-order valence-electron chi connectivity index (χ2n) is 4.06. The second-order valence-corrected chi connectivity index (χ2v) is 6.36. The van der Waals surface area contributed by atoms with Crippen molar-refractivity contribution in [2.24, 2.45) is 5.92 Å². The molecule has 1 saturated heterocycles. The summed E-state index contributed by atoms with van der Waals surface area (Å²) in [6, 6.07) is 0.939. The molecule has 1 unspecified atom stereocenters. The van der Waals surface area contributed by atoms with Crippen LogP contribution in [0.2, 0.25) is 0 Å². The van der Waals surface area contributed by atoms with Gasteiger partial charge >= 0.3 is 6.18 Å². The van der Waals surface area contributed by atoms with Gasteiger partial charge in [0.1, 0.15) is 9.84 Å². The topological polar surface area (TPSA) is 70.0 Å². The standard InChI is InChI=1S/C9H13F3N2O2S/c10-9(11,12)7(5-13)6-14-8-1-3-17(15,16)4-2-8/h7-8,14H,1-4,6H2. The molecule has 0 aromatic heterocycles. The Morgan fingerprint density at radius 2 is 1.88 bits per heavy atom. The summed E-state index contributed by atoms with van der Waals surface area (Å²) in [5, 5.41) is 11.0. The van der Waals surface area contributed by atoms with E-state index in [0.717, 1.165) is 0 Å². The molecule has 1 N–H and O–H groups in total. The Bertz CT molecular complexity index is 385. The van der Waals surface area contributed by atoms with Gasteiger partial charge in [0.15, 0.2) is 5.92 Å². The van der Waals surface area contributed by atoms with Crippen molar-refractivity contribution < 1.29 is 21.6 Å². The molecule has 0 aromatic carbocycles. The summed E-state index contributed by atoms with van der Waals surface area (Å²) in [5.74, 6) is -2.05. The van der Waals surface area contributed by atoms with Crippen LogP contribution in [0.15, 0.2) is 0 Å². The third kappa shape index (κ3) is 4.52. The van der Waals surface area contributed by atoms with E-state index in [9.17, 15) is 21.6 Å². The zero-order chi connectivity index (χ0) is 13.1. The van der Waals surface area contributed by atoms with Crippen LogP contribution >= 0.6 is 0 Å². The first-order chi connectivity index (χ1) is 7.74. The van der Waals surface area contributed by atoms with E-state index in [0.29, 0.717) is 12.8 Å². The largest absolute Gasteiger partial charge is 0.405 e. The van der Waals surface area contributed by atoms with Crippen LogP contribution in [-0.2, 0) is 9.84 Å². The molecule has 17 heavy (non-hydrogen) atoms. The van der Waals surface area contributed by atoms with E-state index >= 15 is 0 Å². The molecule has 1 fully saturated rings. The number of halogens is 3. The quantitative estimate of drug-likeness (QED) is 0.825. The predicted octanol–water partition coefficient (Wildman–Crippen LogP) is 0.855. The van der Waals surface area contributed by atoms with E-state index in [2.05, 4.69) is 5.32 Å². The number of sulfone groups is 1. The lowest BCUT2D eigenvalue weighted by Gasteiger charge is -2.24. The summed E-state index contributed by atoms with van der Waals surface area (Å²) in [5.41, 5.74) is 0. The zero-order valence-corrected chi connectivity index (χ0v) is 9.81. The summed E-state index contributed by atoms with van der Waals surface area (Å²) in [4.78, 5) is 0. The highest BCUT2D eigenvalue weighted by Crippen LogP contribution is 2.25. The molecule has 0 saturated carbocycles. The molecule has 0 bridgehead atoms. The molecule has 1 atom stereocenters. The molecular formula is C9H13F3N2O2S. The van der Waals surface area contributed by atoms with Gasteiger partial charge in [-0.25, -0.2) is 8.42 Å². The SMILES string of the molecule is N#CC(CNC1CCS(=O)(=O)CC1)C(F)(F)F. The Morgan fingerprint density at radius 1 is 1.35 bits per heavy atom. The fourth-order valence-electron chi connectivity index (χ4n) is 1.61. The Kier molecular flexibility index (Phi) is 4.38. The minimum absolute atomic E-state index is 0.00605. The van der Waals surface area contributed by atoms with Crippen molar-refractivity contribution in [1.29, 1.82) is 5.26 Å². The molecule has 8 heteroatoms. The normalized spacial score (nSPS) is 22.9. The average Bonchev–Trinajstić information content (AvgIpc) is 2.19. The summed E-state index contributed by atoms with van der Waals surface area (Å²) in [6.07, 6.45) is -3.93. The molecule has 0 aromatic rings. The molecule has 1 rings (SSSR count). The van der Waals surface area contributed by atoms with Crippen LogP contribution in [0.1, 0.15) is 12.8 Å². The summed E-state index contributed by atoms with van der Waals surface area (Å²) in [6.45, 7) is -0.481. The minimum atomic E-state index is -4.54. The maximum absolute atomic E-state index is 12.2. The fraction of sp³-hybridized carbons (Fsp3) is 0.889. The second kappa shape index (κ2) is 5.23. The monoisotopic (exact) mass is 270 g/mol. The van der Waals surface area contributed by atoms with Crippen molar-refractivity contribution in [3.05, 3.63) is 0 Å². The number of nitrogens with zero attached hydrogens (tertiary/aromatic N) is 1. The lowest BCUT2D eigenvalue weighted by atomic mass is 10.1. The first-order valence-electron chi connectivity index (χ1n) is 5.15. The average molecular weight is 270 g/mol. The van der Waals surface area contributed by atoms with Crippen LogP contribution in [0.5, 0.6) is 0 Å². The van der Waals surface area contributed by atoms with Gasteiger partial charge in [-0.2, -0.15) is 18.4 Å². The maximum Gasteiger partial charge on any atom is 0.405 e. The number of hydrogen-bond donors (Lipinski definition) is 1. The smallest absolute Gasteiger partial charge is 0.312 e. The lowest BCUT2D eigenvalue weighted by Crippen LogP contribution is -2.42. The highest BCUT2D eigenvalue weighted by Gasteiger charge is 2.40. The van der Waals surface area contributed by atoms with E-state index in [1.54, 1.807) is 0 Å². The van der Waals surface area contributed by atoms with Gasteiger partial charge in [0, 0.05) is 12.6 Å². The van der Waals surface area contributed by atoms with Crippen molar-refractivity contribution in [2.75, 3.05) is 18.1 Å². The first kappa shape index (κ1) is 14.3. The number of nitriles is 1. The van der Waals surface area contributed by atoms with Crippen molar-refractivity contribution in [2.45, 2.75) is 25.1 Å². The number of hydrogen-bond acceptors (Lipinski definition) is 4. The van der Waals surface area contributed by atoms with Crippen molar-refractivity contribution in [1.82, 2.24) is 5.32 Å².